The molecule has 0 N–H and O–H groups in total. The highest BCUT2D eigenvalue weighted by molar-refractivity contribution is 5.25. The second-order valence-corrected chi connectivity index (χ2v) is 3.56. The second kappa shape index (κ2) is 24.4. The smallest absolute Gasteiger partial charge is 0.0351 e. The number of ether oxygens (including phenoxy) is 1. The Labute approximate surface area is 139 Å². The molecular formula is C21H36O. The molecule has 0 saturated carbocycles. The van der Waals surface area contributed by atoms with Gasteiger partial charge in [0.1, 0.15) is 0 Å². The summed E-state index contributed by atoms with van der Waals surface area (Å²) in [4.78, 5) is 0. The van der Waals surface area contributed by atoms with E-state index in [-0.39, 0.29) is 0 Å². The summed E-state index contributed by atoms with van der Waals surface area (Å²) in [5.41, 5.74) is 2.74. The Bertz CT molecular complexity index is 330. The SMILES string of the molecule is CC.CC.CC.COC.c1ccc(Cc2ccccc2)cc1. The first-order valence-electron chi connectivity index (χ1n) is 8.34. The van der Waals surface area contributed by atoms with Crippen LogP contribution in [0.4, 0.5) is 0 Å². The molecule has 1 heteroatoms. The molecule has 0 aromatic heterocycles. The van der Waals surface area contributed by atoms with E-state index in [0.717, 1.165) is 6.42 Å². The van der Waals surface area contributed by atoms with Crippen LogP contribution in [0.25, 0.3) is 0 Å². The normalized spacial score (nSPS) is 7.45. The van der Waals surface area contributed by atoms with Gasteiger partial charge in [-0.1, -0.05) is 102 Å². The van der Waals surface area contributed by atoms with E-state index >= 15 is 0 Å². The molecule has 126 valence electrons. The average Bonchev–Trinajstić information content (AvgIpc) is 2.63. The summed E-state index contributed by atoms with van der Waals surface area (Å²) in [6, 6.07) is 21.1. The van der Waals surface area contributed by atoms with Crippen LogP contribution in [0.5, 0.6) is 0 Å². The van der Waals surface area contributed by atoms with Crippen LogP contribution in [-0.2, 0) is 11.2 Å². The minimum absolute atomic E-state index is 1.03. The minimum atomic E-state index is 1.03. The fourth-order valence-corrected chi connectivity index (χ4v) is 1.43. The first kappa shape index (κ1) is 25.4. The summed E-state index contributed by atoms with van der Waals surface area (Å²) in [7, 11) is 3.25. The van der Waals surface area contributed by atoms with Crippen molar-refractivity contribution in [3.8, 4) is 0 Å². The largest absolute Gasteiger partial charge is 0.388 e. The van der Waals surface area contributed by atoms with Crippen molar-refractivity contribution in [2.75, 3.05) is 14.2 Å². The minimum Gasteiger partial charge on any atom is -0.388 e. The molecule has 0 heterocycles. The van der Waals surface area contributed by atoms with Crippen molar-refractivity contribution in [1.29, 1.82) is 0 Å². The zero-order valence-corrected chi connectivity index (χ0v) is 15.9. The van der Waals surface area contributed by atoms with Gasteiger partial charge in [0.25, 0.3) is 0 Å². The highest BCUT2D eigenvalue weighted by Crippen LogP contribution is 2.07. The van der Waals surface area contributed by atoms with Gasteiger partial charge < -0.3 is 4.74 Å². The van der Waals surface area contributed by atoms with Gasteiger partial charge in [0, 0.05) is 14.2 Å². The lowest BCUT2D eigenvalue weighted by Gasteiger charge is -2.00. The van der Waals surface area contributed by atoms with E-state index < -0.39 is 0 Å². The van der Waals surface area contributed by atoms with Crippen LogP contribution in [0.2, 0.25) is 0 Å². The molecule has 0 amide bonds. The Hall–Kier alpha value is -1.60. The zero-order valence-electron chi connectivity index (χ0n) is 15.9. The lowest BCUT2D eigenvalue weighted by atomic mass is 10.1. The first-order chi connectivity index (χ1) is 10.9. The Morgan fingerprint density at radius 1 is 0.545 bits per heavy atom. The third-order valence-electron chi connectivity index (χ3n) is 2.09. The van der Waals surface area contributed by atoms with Crippen molar-refractivity contribution in [1.82, 2.24) is 0 Å². The maximum Gasteiger partial charge on any atom is 0.0351 e. The second-order valence-electron chi connectivity index (χ2n) is 3.56. The van der Waals surface area contributed by atoms with E-state index in [4.69, 9.17) is 0 Å². The Morgan fingerprint density at radius 3 is 1.00 bits per heavy atom. The quantitative estimate of drug-likeness (QED) is 0.606. The Balaban J connectivity index is -0.000000344. The molecule has 0 aliphatic heterocycles. The van der Waals surface area contributed by atoms with E-state index in [0.29, 0.717) is 0 Å². The van der Waals surface area contributed by atoms with Gasteiger partial charge in [-0.05, 0) is 17.5 Å². The maximum absolute atomic E-state index is 4.25. The molecule has 0 fully saturated rings. The molecule has 0 unspecified atom stereocenters. The molecule has 0 saturated heterocycles. The average molecular weight is 305 g/mol. The Kier molecular flexibility index (Phi) is 28.1. The first-order valence-corrected chi connectivity index (χ1v) is 8.34. The molecule has 1 nitrogen and oxygen atoms in total. The van der Waals surface area contributed by atoms with Crippen LogP contribution in [0.15, 0.2) is 60.7 Å². The summed E-state index contributed by atoms with van der Waals surface area (Å²) >= 11 is 0. The van der Waals surface area contributed by atoms with Gasteiger partial charge in [-0.3, -0.25) is 0 Å². The standard InChI is InChI=1S/C13H12.C2H6O.3C2H6/c1-3-7-12(8-4-1)11-13-9-5-2-6-10-13;1-3-2;3*1-2/h1-10H,11H2;1-2H3;3*1-2H3. The lowest BCUT2D eigenvalue weighted by Crippen LogP contribution is -1.85. The van der Waals surface area contributed by atoms with Crippen LogP contribution in [-0.4, -0.2) is 14.2 Å². The van der Waals surface area contributed by atoms with E-state index in [9.17, 15) is 0 Å². The van der Waals surface area contributed by atoms with Crippen molar-refractivity contribution in [3.05, 3.63) is 71.8 Å². The predicted molar refractivity (Wildman–Crippen MR) is 103 cm³/mol. The van der Waals surface area contributed by atoms with E-state index in [1.54, 1.807) is 14.2 Å². The number of benzene rings is 2. The lowest BCUT2D eigenvalue weighted by molar-refractivity contribution is 0.277. The molecule has 0 aliphatic carbocycles. The molecule has 0 spiro atoms. The Morgan fingerprint density at radius 2 is 0.773 bits per heavy atom. The van der Waals surface area contributed by atoms with E-state index in [1.165, 1.54) is 11.1 Å². The highest BCUT2D eigenvalue weighted by Gasteiger charge is 1.92. The van der Waals surface area contributed by atoms with Gasteiger partial charge in [-0.2, -0.15) is 0 Å². The third kappa shape index (κ3) is 16.5. The molecular weight excluding hydrogens is 268 g/mol. The number of methoxy groups -OCH3 is 1. The molecule has 0 atom stereocenters. The molecule has 0 radical (unpaired) electrons. The highest BCUT2D eigenvalue weighted by atomic mass is 16.4. The summed E-state index contributed by atoms with van der Waals surface area (Å²) in [5, 5.41) is 0. The monoisotopic (exact) mass is 304 g/mol. The van der Waals surface area contributed by atoms with E-state index in [1.807, 2.05) is 41.5 Å². The van der Waals surface area contributed by atoms with E-state index in [2.05, 4.69) is 65.4 Å². The van der Waals surface area contributed by atoms with Gasteiger partial charge in [0.2, 0.25) is 0 Å². The van der Waals surface area contributed by atoms with Gasteiger partial charge in [0.15, 0.2) is 0 Å². The topological polar surface area (TPSA) is 9.23 Å². The third-order valence-corrected chi connectivity index (χ3v) is 2.09. The van der Waals surface area contributed by atoms with Crippen molar-refractivity contribution in [3.63, 3.8) is 0 Å². The van der Waals surface area contributed by atoms with Crippen molar-refractivity contribution in [2.24, 2.45) is 0 Å². The van der Waals surface area contributed by atoms with Gasteiger partial charge in [-0.25, -0.2) is 0 Å². The summed E-state index contributed by atoms with van der Waals surface area (Å²) < 4.78 is 4.25. The van der Waals surface area contributed by atoms with Gasteiger partial charge >= 0.3 is 0 Å². The van der Waals surface area contributed by atoms with Gasteiger partial charge in [0.05, 0.1) is 0 Å². The van der Waals surface area contributed by atoms with Crippen LogP contribution in [0.1, 0.15) is 52.7 Å². The fourth-order valence-electron chi connectivity index (χ4n) is 1.43. The summed E-state index contributed by atoms with van der Waals surface area (Å²) in [6.07, 6.45) is 1.03. The van der Waals surface area contributed by atoms with Crippen LogP contribution in [0.3, 0.4) is 0 Å². The van der Waals surface area contributed by atoms with Crippen molar-refractivity contribution < 1.29 is 4.74 Å². The van der Waals surface area contributed by atoms with Crippen LogP contribution >= 0.6 is 0 Å². The molecule has 22 heavy (non-hydrogen) atoms. The molecule has 2 rings (SSSR count). The van der Waals surface area contributed by atoms with Crippen molar-refractivity contribution >= 4 is 0 Å². The number of hydrogen-bond acceptors (Lipinski definition) is 1. The summed E-state index contributed by atoms with van der Waals surface area (Å²) in [5.74, 6) is 0. The molecule has 0 aliphatic rings. The number of hydrogen-bond donors (Lipinski definition) is 0. The fraction of sp³-hybridized carbons (Fsp3) is 0.429. The molecule has 0 bridgehead atoms. The predicted octanol–water partition coefficient (Wildman–Crippen LogP) is 6.62. The number of rotatable bonds is 2. The summed E-state index contributed by atoms with van der Waals surface area (Å²) in [6.45, 7) is 12.0. The molecule has 2 aromatic rings. The molecule has 2 aromatic carbocycles. The van der Waals surface area contributed by atoms with Gasteiger partial charge in [-0.15, -0.1) is 0 Å². The van der Waals surface area contributed by atoms with Crippen LogP contribution in [0, 0.1) is 0 Å². The van der Waals surface area contributed by atoms with Crippen molar-refractivity contribution in [2.45, 2.75) is 48.0 Å². The maximum atomic E-state index is 4.25. The zero-order chi connectivity index (χ0) is 17.6. The van der Waals surface area contributed by atoms with Crippen LogP contribution < -0.4 is 0 Å².